The highest BCUT2D eigenvalue weighted by Crippen LogP contribution is 2.44. The van der Waals surface area contributed by atoms with Crippen molar-refractivity contribution in [3.63, 3.8) is 0 Å². The highest BCUT2D eigenvalue weighted by atomic mass is 32.1. The zero-order valence-electron chi connectivity index (χ0n) is 15.0. The number of carbonyl (C=O) groups excluding carboxylic acids is 1. The Bertz CT molecular complexity index is 969. The molecular formula is C21H20N4OS. The molecule has 1 atom stereocenters. The number of thiazole rings is 1. The lowest BCUT2D eigenvalue weighted by Gasteiger charge is -2.40. The van der Waals surface area contributed by atoms with Crippen LogP contribution >= 0.6 is 11.3 Å². The van der Waals surface area contributed by atoms with Gasteiger partial charge in [-0.3, -0.25) is 4.79 Å². The summed E-state index contributed by atoms with van der Waals surface area (Å²) in [5, 5.41) is 1.84. The third-order valence-electron chi connectivity index (χ3n) is 5.79. The zero-order chi connectivity index (χ0) is 18.3. The predicted octanol–water partition coefficient (Wildman–Crippen LogP) is 3.72. The number of aromatic nitrogens is 3. The van der Waals surface area contributed by atoms with Crippen molar-refractivity contribution in [2.45, 2.75) is 31.1 Å². The van der Waals surface area contributed by atoms with Gasteiger partial charge in [0.25, 0.3) is 5.91 Å². The first-order valence-electron chi connectivity index (χ1n) is 9.34. The molecule has 5 rings (SSSR count). The topological polar surface area (TPSA) is 59.0 Å². The highest BCUT2D eigenvalue weighted by molar-refractivity contribution is 7.07. The third-order valence-corrected chi connectivity index (χ3v) is 6.37. The third kappa shape index (κ3) is 2.84. The smallest absolute Gasteiger partial charge is 0.273 e. The molecule has 27 heavy (non-hydrogen) atoms. The van der Waals surface area contributed by atoms with Crippen LogP contribution in [0.15, 0.2) is 47.4 Å². The fourth-order valence-corrected chi connectivity index (χ4v) is 4.98. The Labute approximate surface area is 162 Å². The molecule has 0 bridgehead atoms. The lowest BCUT2D eigenvalue weighted by atomic mass is 9.77. The van der Waals surface area contributed by atoms with Gasteiger partial charge in [0.05, 0.1) is 11.2 Å². The fraction of sp³-hybridized carbons (Fsp3) is 0.333. The number of hydrogen-bond donors (Lipinski definition) is 0. The summed E-state index contributed by atoms with van der Waals surface area (Å²) in [5.41, 5.74) is 5.64. The number of benzene rings is 1. The van der Waals surface area contributed by atoms with Gasteiger partial charge in [-0.15, -0.1) is 11.3 Å². The number of fused-ring (bicyclic) bond motifs is 2. The average Bonchev–Trinajstić information content (AvgIpc) is 3.37. The van der Waals surface area contributed by atoms with Crippen molar-refractivity contribution in [3.05, 3.63) is 64.4 Å². The Balaban J connectivity index is 1.49. The molecule has 136 valence electrons. The molecule has 2 aliphatic rings. The normalized spacial score (nSPS) is 21.4. The fourth-order valence-electron chi connectivity index (χ4n) is 4.45. The first kappa shape index (κ1) is 16.6. The van der Waals surface area contributed by atoms with Gasteiger partial charge in [-0.1, -0.05) is 30.3 Å². The number of hydrogen-bond acceptors (Lipinski definition) is 5. The Morgan fingerprint density at radius 1 is 1.15 bits per heavy atom. The molecule has 2 aromatic heterocycles. The van der Waals surface area contributed by atoms with Crippen LogP contribution in [0.2, 0.25) is 0 Å². The van der Waals surface area contributed by atoms with Crippen molar-refractivity contribution in [1.82, 2.24) is 19.9 Å². The van der Waals surface area contributed by atoms with Crippen molar-refractivity contribution in [3.8, 4) is 11.4 Å². The summed E-state index contributed by atoms with van der Waals surface area (Å²) in [6.07, 6.45) is 6.09. The molecule has 0 radical (unpaired) electrons. The van der Waals surface area contributed by atoms with E-state index in [9.17, 15) is 4.79 Å². The number of nitrogens with zero attached hydrogens (tertiary/aromatic N) is 4. The molecule has 3 heterocycles. The van der Waals surface area contributed by atoms with Gasteiger partial charge in [0.2, 0.25) is 0 Å². The average molecular weight is 376 g/mol. The molecule has 1 amide bonds. The molecule has 6 heteroatoms. The number of likely N-dealkylation sites (tertiary alicyclic amines) is 1. The maximum atomic E-state index is 12.8. The number of aryl methyl sites for hydroxylation is 1. The van der Waals surface area contributed by atoms with Crippen molar-refractivity contribution in [1.29, 1.82) is 0 Å². The minimum atomic E-state index is -0.0499. The first-order chi connectivity index (χ1) is 13.3. The van der Waals surface area contributed by atoms with Crippen LogP contribution in [0.4, 0.5) is 0 Å². The SMILES string of the molecule is O=C(c1cscn1)N1CCCC2(CCc3cnc(-c4ccccc4)nc32)C1. The van der Waals surface area contributed by atoms with Gasteiger partial charge >= 0.3 is 0 Å². The minimum Gasteiger partial charge on any atom is -0.336 e. The summed E-state index contributed by atoms with van der Waals surface area (Å²) in [7, 11) is 0. The molecular weight excluding hydrogens is 356 g/mol. The molecule has 0 saturated carbocycles. The van der Waals surface area contributed by atoms with Crippen LogP contribution in [0.25, 0.3) is 11.4 Å². The molecule has 3 aromatic rings. The Morgan fingerprint density at radius 2 is 2.04 bits per heavy atom. The van der Waals surface area contributed by atoms with Crippen molar-refractivity contribution >= 4 is 17.2 Å². The van der Waals surface area contributed by atoms with Crippen LogP contribution in [0, 0.1) is 0 Å². The van der Waals surface area contributed by atoms with E-state index < -0.39 is 0 Å². The Hall–Kier alpha value is -2.60. The van der Waals surface area contributed by atoms with Crippen LogP contribution < -0.4 is 0 Å². The number of rotatable bonds is 2. The van der Waals surface area contributed by atoms with E-state index in [1.54, 1.807) is 5.51 Å². The summed E-state index contributed by atoms with van der Waals surface area (Å²) in [4.78, 5) is 28.6. The van der Waals surface area contributed by atoms with Gasteiger partial charge in [-0.05, 0) is 31.2 Å². The van der Waals surface area contributed by atoms with Crippen LogP contribution in [0.5, 0.6) is 0 Å². The van der Waals surface area contributed by atoms with Crippen LogP contribution in [-0.4, -0.2) is 38.8 Å². The van der Waals surface area contributed by atoms with Crippen molar-refractivity contribution in [2.75, 3.05) is 13.1 Å². The quantitative estimate of drug-likeness (QED) is 0.684. The summed E-state index contributed by atoms with van der Waals surface area (Å²) in [5.74, 6) is 0.819. The standard InChI is InChI=1S/C21H20N4OS/c26-20(17-12-27-14-23-17)25-10-4-8-21(13-25)9-7-16-11-22-19(24-18(16)21)15-5-2-1-3-6-15/h1-3,5-6,11-12,14H,4,7-10,13H2. The zero-order valence-corrected chi connectivity index (χ0v) is 15.8. The van der Waals surface area contributed by atoms with Gasteiger partial charge in [-0.2, -0.15) is 0 Å². The number of carbonyl (C=O) groups is 1. The van der Waals surface area contributed by atoms with Crippen molar-refractivity contribution in [2.24, 2.45) is 0 Å². The summed E-state index contributed by atoms with van der Waals surface area (Å²) < 4.78 is 0. The van der Waals surface area contributed by atoms with Crippen LogP contribution in [0.3, 0.4) is 0 Å². The highest BCUT2D eigenvalue weighted by Gasteiger charge is 2.45. The van der Waals surface area contributed by atoms with Crippen LogP contribution in [0.1, 0.15) is 41.0 Å². The minimum absolute atomic E-state index is 0.0427. The van der Waals surface area contributed by atoms with E-state index in [1.807, 2.05) is 46.8 Å². The molecule has 0 N–H and O–H groups in total. The molecule has 1 spiro atoms. The lowest BCUT2D eigenvalue weighted by Crippen LogP contribution is -2.48. The Morgan fingerprint density at radius 3 is 2.85 bits per heavy atom. The Kier molecular flexibility index (Phi) is 4.01. The van der Waals surface area contributed by atoms with E-state index in [-0.39, 0.29) is 11.3 Å². The van der Waals surface area contributed by atoms with E-state index in [4.69, 9.17) is 4.98 Å². The molecule has 5 nitrogen and oxygen atoms in total. The second-order valence-electron chi connectivity index (χ2n) is 7.42. The predicted molar refractivity (Wildman–Crippen MR) is 105 cm³/mol. The monoisotopic (exact) mass is 376 g/mol. The molecule has 1 fully saturated rings. The summed E-state index contributed by atoms with van der Waals surface area (Å²) in [6, 6.07) is 10.1. The first-order valence-corrected chi connectivity index (χ1v) is 10.3. The summed E-state index contributed by atoms with van der Waals surface area (Å²) >= 11 is 1.46. The van der Waals surface area contributed by atoms with Crippen molar-refractivity contribution < 1.29 is 4.79 Å². The van der Waals surface area contributed by atoms with Gasteiger partial charge < -0.3 is 4.90 Å². The lowest BCUT2D eigenvalue weighted by molar-refractivity contribution is 0.0628. The second-order valence-corrected chi connectivity index (χ2v) is 8.14. The molecule has 1 aliphatic carbocycles. The van der Waals surface area contributed by atoms with Gasteiger partial charge in [0.1, 0.15) is 5.69 Å². The molecule has 1 saturated heterocycles. The van der Waals surface area contributed by atoms with E-state index in [0.717, 1.165) is 55.9 Å². The maximum Gasteiger partial charge on any atom is 0.273 e. The van der Waals surface area contributed by atoms with E-state index in [1.165, 1.54) is 16.9 Å². The van der Waals surface area contributed by atoms with E-state index >= 15 is 0 Å². The summed E-state index contributed by atoms with van der Waals surface area (Å²) in [6.45, 7) is 1.52. The second kappa shape index (κ2) is 6.53. The number of amides is 1. The van der Waals surface area contributed by atoms with Gasteiger partial charge in [0, 0.05) is 35.6 Å². The molecule has 1 aliphatic heterocycles. The largest absolute Gasteiger partial charge is 0.336 e. The van der Waals surface area contributed by atoms with Gasteiger partial charge in [-0.25, -0.2) is 15.0 Å². The van der Waals surface area contributed by atoms with E-state index in [0.29, 0.717) is 5.69 Å². The van der Waals surface area contributed by atoms with Gasteiger partial charge in [0.15, 0.2) is 5.82 Å². The molecule has 1 unspecified atom stereocenters. The number of piperidine rings is 1. The van der Waals surface area contributed by atoms with Crippen LogP contribution in [-0.2, 0) is 11.8 Å². The molecule has 1 aromatic carbocycles. The van der Waals surface area contributed by atoms with E-state index in [2.05, 4.69) is 9.97 Å². The maximum absolute atomic E-state index is 12.8.